The molecule has 172 valence electrons. The maximum Gasteiger partial charge on any atom is 0.274 e. The molecule has 8 nitrogen and oxygen atoms in total. The topological polar surface area (TPSA) is 110 Å². The van der Waals surface area contributed by atoms with Gasteiger partial charge in [-0.15, -0.1) is 0 Å². The lowest BCUT2D eigenvalue weighted by Crippen LogP contribution is -2.37. The monoisotopic (exact) mass is 491 g/mol. The average Bonchev–Trinajstić information content (AvgIpc) is 2.76. The summed E-state index contributed by atoms with van der Waals surface area (Å²) in [4.78, 5) is 23.3. The molecule has 3 aromatic carbocycles. The van der Waals surface area contributed by atoms with Crippen LogP contribution in [-0.2, 0) is 21.4 Å². The van der Waals surface area contributed by atoms with Gasteiger partial charge in [-0.05, 0) is 55.0 Å². The van der Waals surface area contributed by atoms with Gasteiger partial charge in [-0.3, -0.25) is 14.9 Å². The highest BCUT2D eigenvalue weighted by molar-refractivity contribution is 7.89. The van der Waals surface area contributed by atoms with Gasteiger partial charge in [0.25, 0.3) is 5.69 Å². The van der Waals surface area contributed by atoms with E-state index in [2.05, 4.69) is 5.32 Å². The molecule has 0 aliphatic heterocycles. The molecule has 0 heterocycles. The van der Waals surface area contributed by atoms with Crippen LogP contribution >= 0.6 is 11.6 Å². The quantitative estimate of drug-likeness (QED) is 0.368. The van der Waals surface area contributed by atoms with E-state index in [4.69, 9.17) is 11.6 Å². The largest absolute Gasteiger partial charge is 0.324 e. The van der Waals surface area contributed by atoms with E-state index in [9.17, 15) is 27.7 Å². The van der Waals surface area contributed by atoms with Gasteiger partial charge >= 0.3 is 0 Å². The number of carbonyl (C=O) groups is 1. The number of rotatable bonds is 8. The van der Waals surface area contributed by atoms with Gasteiger partial charge in [-0.2, -0.15) is 4.31 Å². The van der Waals surface area contributed by atoms with Gasteiger partial charge in [0.05, 0.1) is 27.6 Å². The molecule has 33 heavy (non-hydrogen) atoms. The lowest BCUT2D eigenvalue weighted by atomic mass is 10.1. The molecule has 11 heteroatoms. The number of anilines is 1. The number of sulfonamides is 1. The van der Waals surface area contributed by atoms with Crippen molar-refractivity contribution in [2.75, 3.05) is 11.9 Å². The maximum atomic E-state index is 13.3. The van der Waals surface area contributed by atoms with Crippen molar-refractivity contribution in [3.63, 3.8) is 0 Å². The Morgan fingerprint density at radius 1 is 1.09 bits per heavy atom. The highest BCUT2D eigenvalue weighted by Crippen LogP contribution is 2.26. The number of hydrogen-bond acceptors (Lipinski definition) is 5. The third-order valence-electron chi connectivity index (χ3n) is 4.82. The molecule has 0 spiro atoms. The molecule has 3 aromatic rings. The smallest absolute Gasteiger partial charge is 0.274 e. The minimum absolute atomic E-state index is 0.0756. The average molecular weight is 492 g/mol. The molecule has 0 aliphatic carbocycles. The zero-order chi connectivity index (χ0) is 24.2. The molecule has 0 bridgehead atoms. The van der Waals surface area contributed by atoms with Crippen molar-refractivity contribution in [1.82, 2.24) is 4.31 Å². The summed E-state index contributed by atoms with van der Waals surface area (Å²) in [5.74, 6) is -1.18. The van der Waals surface area contributed by atoms with Crippen molar-refractivity contribution < 1.29 is 22.5 Å². The second kappa shape index (κ2) is 10.1. The molecule has 0 fully saturated rings. The van der Waals surface area contributed by atoms with E-state index >= 15 is 0 Å². The summed E-state index contributed by atoms with van der Waals surface area (Å²) >= 11 is 5.85. The standard InChI is InChI=1S/C22H19ClFN3O5S/c1-15-20(3-2-4-21(15)27(29)30)25-22(28)14-26(13-16-5-9-18(24)10-6-16)33(31,32)19-11-7-17(23)8-12-19/h2-12H,13-14H2,1H3,(H,25,28). The second-order valence-corrected chi connectivity index (χ2v) is 9.48. The molecular formula is C22H19ClFN3O5S. The Balaban J connectivity index is 1.90. The van der Waals surface area contributed by atoms with Gasteiger partial charge in [-0.25, -0.2) is 12.8 Å². The molecule has 0 radical (unpaired) electrons. The first-order valence-electron chi connectivity index (χ1n) is 9.62. The van der Waals surface area contributed by atoms with Crippen LogP contribution in [0, 0.1) is 22.9 Å². The van der Waals surface area contributed by atoms with Crippen LogP contribution < -0.4 is 5.32 Å². The number of nitrogens with one attached hydrogen (secondary N) is 1. The van der Waals surface area contributed by atoms with Gasteiger partial charge in [0.2, 0.25) is 15.9 Å². The van der Waals surface area contributed by atoms with E-state index in [-0.39, 0.29) is 28.4 Å². The molecule has 1 N–H and O–H groups in total. The fourth-order valence-electron chi connectivity index (χ4n) is 3.08. The molecule has 0 saturated heterocycles. The Hall–Kier alpha value is -3.34. The first kappa shape index (κ1) is 24.3. The van der Waals surface area contributed by atoms with Crippen molar-refractivity contribution in [1.29, 1.82) is 0 Å². The highest BCUT2D eigenvalue weighted by Gasteiger charge is 2.27. The van der Waals surface area contributed by atoms with Crippen molar-refractivity contribution in [2.24, 2.45) is 0 Å². The van der Waals surface area contributed by atoms with Crippen molar-refractivity contribution >= 4 is 38.9 Å². The number of nitrogens with zero attached hydrogens (tertiary/aromatic N) is 2. The molecule has 0 atom stereocenters. The van der Waals surface area contributed by atoms with Crippen LogP contribution in [0.5, 0.6) is 0 Å². The van der Waals surface area contributed by atoms with Gasteiger partial charge in [0.15, 0.2) is 0 Å². The van der Waals surface area contributed by atoms with Gasteiger partial charge in [0, 0.05) is 17.6 Å². The molecule has 3 rings (SSSR count). The number of carbonyl (C=O) groups excluding carboxylic acids is 1. The molecule has 1 amide bonds. The van der Waals surface area contributed by atoms with E-state index in [0.717, 1.165) is 4.31 Å². The molecular weight excluding hydrogens is 473 g/mol. The van der Waals surface area contributed by atoms with Crippen LogP contribution in [0.15, 0.2) is 71.6 Å². The van der Waals surface area contributed by atoms with E-state index in [1.54, 1.807) is 0 Å². The fraction of sp³-hybridized carbons (Fsp3) is 0.136. The predicted molar refractivity (Wildman–Crippen MR) is 122 cm³/mol. The van der Waals surface area contributed by atoms with Crippen LogP contribution in [0.3, 0.4) is 0 Å². The van der Waals surface area contributed by atoms with Gasteiger partial charge < -0.3 is 5.32 Å². The normalized spacial score (nSPS) is 11.4. The summed E-state index contributed by atoms with van der Waals surface area (Å²) in [5.41, 5.74) is 0.722. The van der Waals surface area contributed by atoms with E-state index in [1.807, 2.05) is 0 Å². The lowest BCUT2D eigenvalue weighted by molar-refractivity contribution is -0.385. The number of hydrogen-bond donors (Lipinski definition) is 1. The van der Waals surface area contributed by atoms with Crippen molar-refractivity contribution in [2.45, 2.75) is 18.4 Å². The molecule has 0 unspecified atom stereocenters. The number of amides is 1. The third-order valence-corrected chi connectivity index (χ3v) is 6.88. The number of halogens is 2. The van der Waals surface area contributed by atoms with E-state index in [0.29, 0.717) is 10.6 Å². The highest BCUT2D eigenvalue weighted by atomic mass is 35.5. The Morgan fingerprint density at radius 2 is 1.73 bits per heavy atom. The zero-order valence-corrected chi connectivity index (χ0v) is 18.9. The molecule has 0 aromatic heterocycles. The van der Waals surface area contributed by atoms with Crippen LogP contribution in [0.4, 0.5) is 15.8 Å². The number of nitro benzene ring substituents is 1. The van der Waals surface area contributed by atoms with Crippen LogP contribution in [0.25, 0.3) is 0 Å². The first-order chi connectivity index (χ1) is 15.6. The fourth-order valence-corrected chi connectivity index (χ4v) is 4.59. The van der Waals surface area contributed by atoms with Gasteiger partial charge in [-0.1, -0.05) is 29.8 Å². The Kier molecular flexibility index (Phi) is 7.42. The van der Waals surface area contributed by atoms with Gasteiger partial charge in [0.1, 0.15) is 5.82 Å². The molecule has 0 aliphatic rings. The summed E-state index contributed by atoms with van der Waals surface area (Å²) in [7, 11) is -4.13. The van der Waals surface area contributed by atoms with Crippen LogP contribution in [-0.4, -0.2) is 30.1 Å². The summed E-state index contributed by atoms with van der Waals surface area (Å²) in [6.07, 6.45) is 0. The summed E-state index contributed by atoms with van der Waals surface area (Å²) in [6.45, 7) is 0.700. The summed E-state index contributed by atoms with van der Waals surface area (Å²) in [5, 5.41) is 14.0. The third kappa shape index (κ3) is 5.92. The van der Waals surface area contributed by atoms with Crippen molar-refractivity contribution in [3.05, 3.63) is 98.8 Å². The Labute approximate surface area is 194 Å². The molecule has 0 saturated carbocycles. The van der Waals surface area contributed by atoms with E-state index in [1.165, 1.54) is 73.7 Å². The Morgan fingerprint density at radius 3 is 2.33 bits per heavy atom. The second-order valence-electron chi connectivity index (χ2n) is 7.11. The van der Waals surface area contributed by atoms with Crippen LogP contribution in [0.2, 0.25) is 5.02 Å². The first-order valence-corrected chi connectivity index (χ1v) is 11.4. The lowest BCUT2D eigenvalue weighted by Gasteiger charge is -2.22. The minimum Gasteiger partial charge on any atom is -0.324 e. The number of nitro groups is 1. The maximum absolute atomic E-state index is 13.3. The zero-order valence-electron chi connectivity index (χ0n) is 17.4. The SMILES string of the molecule is Cc1c(NC(=O)CN(Cc2ccc(F)cc2)S(=O)(=O)c2ccc(Cl)cc2)cccc1[N+](=O)[O-]. The predicted octanol–water partition coefficient (Wildman–Crippen LogP) is 4.53. The van der Waals surface area contributed by atoms with Crippen molar-refractivity contribution in [3.8, 4) is 0 Å². The van der Waals surface area contributed by atoms with Crippen LogP contribution in [0.1, 0.15) is 11.1 Å². The summed E-state index contributed by atoms with van der Waals surface area (Å²) < 4.78 is 40.7. The minimum atomic E-state index is -4.13. The van der Waals surface area contributed by atoms with E-state index < -0.39 is 33.2 Å². The Bertz CT molecular complexity index is 1280. The summed E-state index contributed by atoms with van der Waals surface area (Å²) in [6, 6.07) is 14.9. The number of benzene rings is 3.